The molecular formula is C8H11LrN. The normalized spacial score (nSPS) is 8.70. The standard InChI is InChI=1S/C8H11N.Lr/c1-6-4-8(3)9-5-7(6)2;/h4-5H,1-3H3;. The first kappa shape index (κ1) is 8.15. The molecule has 0 aliphatic carbocycles. The van der Waals surface area contributed by atoms with E-state index in [1.54, 1.807) is 0 Å². The average molecular weight is 383 g/mol. The molecule has 1 aromatic rings. The Morgan fingerprint density at radius 1 is 1.10 bits per heavy atom. The van der Waals surface area contributed by atoms with Crippen molar-refractivity contribution in [2.45, 2.75) is 20.8 Å². The first-order valence-electron chi connectivity index (χ1n) is 3.10. The third-order valence-electron chi connectivity index (χ3n) is 1.51. The fourth-order valence-electron chi connectivity index (χ4n) is 0.765. The van der Waals surface area contributed by atoms with E-state index in [-0.39, 0.29) is 0 Å². The molecule has 2 heteroatoms. The minimum absolute atomic E-state index is 0. The number of hydrogen-bond donors (Lipinski definition) is 0. The molecule has 0 fully saturated rings. The third-order valence-corrected chi connectivity index (χ3v) is 1.51. The van der Waals surface area contributed by atoms with Gasteiger partial charge in [-0.25, -0.2) is 0 Å². The van der Waals surface area contributed by atoms with E-state index in [9.17, 15) is 0 Å². The van der Waals surface area contributed by atoms with Gasteiger partial charge in [-0.1, -0.05) is 0 Å². The van der Waals surface area contributed by atoms with E-state index in [2.05, 4.69) is 24.9 Å². The second-order valence-electron chi connectivity index (χ2n) is 2.41. The summed E-state index contributed by atoms with van der Waals surface area (Å²) in [5.74, 6) is 0. The Bertz CT molecular complexity index is 220. The summed E-state index contributed by atoms with van der Waals surface area (Å²) in [6.45, 7) is 6.18. The van der Waals surface area contributed by atoms with Crippen LogP contribution in [0.1, 0.15) is 16.8 Å². The van der Waals surface area contributed by atoms with Gasteiger partial charge in [0.05, 0.1) is 0 Å². The molecule has 0 aromatic carbocycles. The summed E-state index contributed by atoms with van der Waals surface area (Å²) < 4.78 is 0. The van der Waals surface area contributed by atoms with E-state index in [1.165, 1.54) is 11.1 Å². The smallest absolute Gasteiger partial charge is 0.0375 e. The molecule has 1 heterocycles. The molecular weight excluding hydrogens is 372 g/mol. The molecule has 1 aromatic heterocycles. The first-order valence-corrected chi connectivity index (χ1v) is 3.10. The number of hydrogen-bond acceptors (Lipinski definition) is 1. The molecule has 0 amide bonds. The van der Waals surface area contributed by atoms with Crippen LogP contribution in [0.5, 0.6) is 0 Å². The molecule has 0 aliphatic rings. The van der Waals surface area contributed by atoms with Crippen molar-refractivity contribution in [1.29, 1.82) is 0 Å². The zero-order valence-electron chi connectivity index (χ0n) is 6.36. The van der Waals surface area contributed by atoms with Crippen LogP contribution in [-0.2, 0) is 0 Å². The summed E-state index contributed by atoms with van der Waals surface area (Å²) >= 11 is 0. The molecule has 1 radical (unpaired) electrons. The molecule has 0 unspecified atom stereocenters. The second-order valence-corrected chi connectivity index (χ2v) is 2.41. The maximum Gasteiger partial charge on any atom is 0.0375 e. The van der Waals surface area contributed by atoms with Gasteiger partial charge in [0, 0.05) is 11.9 Å². The number of aryl methyl sites for hydroxylation is 3. The van der Waals surface area contributed by atoms with Crippen molar-refractivity contribution in [3.05, 3.63) is 29.1 Å². The van der Waals surface area contributed by atoms with E-state index in [0.717, 1.165) is 5.69 Å². The number of rotatable bonds is 0. The SMILES string of the molecule is Cc1cc(C)c(C)cn1.[Lr]. The minimum atomic E-state index is 0. The minimum Gasteiger partial charge on any atom is -0.261 e. The predicted molar refractivity (Wildman–Crippen MR) is 38.4 cm³/mol. The van der Waals surface area contributed by atoms with Crippen LogP contribution in [0.4, 0.5) is 0 Å². The van der Waals surface area contributed by atoms with Gasteiger partial charge in [-0.3, -0.25) is 4.98 Å². The van der Waals surface area contributed by atoms with Gasteiger partial charge in [0.15, 0.2) is 0 Å². The van der Waals surface area contributed by atoms with Crippen LogP contribution in [-0.4, -0.2) is 4.98 Å². The summed E-state index contributed by atoms with van der Waals surface area (Å²) in [4.78, 5) is 4.14. The largest absolute Gasteiger partial charge is 0.261 e. The summed E-state index contributed by atoms with van der Waals surface area (Å²) in [6, 6.07) is 2.09. The van der Waals surface area contributed by atoms with Gasteiger partial charge in [0.1, 0.15) is 0 Å². The zero-order valence-corrected chi connectivity index (χ0v) is 8.51. The first-order chi connectivity index (χ1) is 4.20. The van der Waals surface area contributed by atoms with Crippen LogP contribution in [0.25, 0.3) is 0 Å². The number of nitrogens with zero attached hydrogens (tertiary/aromatic N) is 1. The number of aromatic nitrogens is 1. The second kappa shape index (κ2) is 2.62. The monoisotopic (exact) mass is 383 g/mol. The summed E-state index contributed by atoms with van der Waals surface area (Å²) in [6.07, 6.45) is 1.91. The van der Waals surface area contributed by atoms with Crippen LogP contribution in [0.15, 0.2) is 12.3 Å². The zero-order chi connectivity index (χ0) is 6.85. The third kappa shape index (κ3) is 1.31. The van der Waals surface area contributed by atoms with Gasteiger partial charge >= 0.3 is 0 Å². The molecule has 0 N–H and O–H groups in total. The fraction of sp³-hybridized carbons (Fsp3) is 0.375. The van der Waals surface area contributed by atoms with E-state index < -0.39 is 0 Å². The van der Waals surface area contributed by atoms with Crippen molar-refractivity contribution in [1.82, 2.24) is 4.98 Å². The Morgan fingerprint density at radius 2 is 1.70 bits per heavy atom. The van der Waals surface area contributed by atoms with Gasteiger partial charge in [-0.05, 0) is 38.0 Å². The summed E-state index contributed by atoms with van der Waals surface area (Å²) in [5, 5.41) is 0. The Kier molecular flexibility index (Phi) is 2.14. The van der Waals surface area contributed by atoms with Crippen LogP contribution in [0, 0.1) is 20.8 Å². The van der Waals surface area contributed by atoms with Crippen LogP contribution in [0.2, 0.25) is 0 Å². The Hall–Kier alpha value is -1.85. The molecule has 0 atom stereocenters. The molecule has 1 nitrogen and oxygen atoms in total. The van der Waals surface area contributed by atoms with Gasteiger partial charge in [0.25, 0.3) is 0 Å². The predicted octanol–water partition coefficient (Wildman–Crippen LogP) is 2.01. The molecule has 63 valence electrons. The van der Waals surface area contributed by atoms with E-state index in [0.29, 0.717) is 0 Å². The molecule has 0 bridgehead atoms. The van der Waals surface area contributed by atoms with Gasteiger partial charge in [-0.15, -0.1) is 0 Å². The van der Waals surface area contributed by atoms with Crippen LogP contribution < -0.4 is 0 Å². The van der Waals surface area contributed by atoms with Gasteiger partial charge < -0.3 is 0 Å². The fourth-order valence-corrected chi connectivity index (χ4v) is 0.765. The van der Waals surface area contributed by atoms with Gasteiger partial charge in [0.2, 0.25) is 0 Å². The van der Waals surface area contributed by atoms with Crippen molar-refractivity contribution in [3.63, 3.8) is 0 Å². The number of pyridine rings is 1. The summed E-state index contributed by atoms with van der Waals surface area (Å²) in [5.41, 5.74) is 3.68. The van der Waals surface area contributed by atoms with Crippen molar-refractivity contribution in [2.24, 2.45) is 0 Å². The van der Waals surface area contributed by atoms with Crippen molar-refractivity contribution < 1.29 is 0 Å². The molecule has 10 heavy (non-hydrogen) atoms. The average Bonchev–Trinajstić information content (AvgIpc) is 1.80. The maximum absolute atomic E-state index is 4.14. The van der Waals surface area contributed by atoms with E-state index in [1.807, 2.05) is 13.1 Å². The maximum atomic E-state index is 4.14. The van der Waals surface area contributed by atoms with E-state index in [4.69, 9.17) is 0 Å². The molecule has 0 aliphatic heterocycles. The topological polar surface area (TPSA) is 12.9 Å². The van der Waals surface area contributed by atoms with E-state index >= 15 is 0 Å². The molecule has 0 saturated carbocycles. The molecule has 1 rings (SSSR count). The Morgan fingerprint density at radius 3 is 2.10 bits per heavy atom. The Labute approximate surface area is 55.7 Å². The van der Waals surface area contributed by atoms with Gasteiger partial charge in [-0.2, -0.15) is 0 Å². The van der Waals surface area contributed by atoms with Crippen molar-refractivity contribution in [3.8, 4) is 0 Å². The molecule has 0 saturated heterocycles. The van der Waals surface area contributed by atoms with Crippen molar-refractivity contribution >= 4 is 0 Å². The van der Waals surface area contributed by atoms with Crippen LogP contribution in [0.3, 0.4) is 0 Å². The molecule has 0 spiro atoms. The van der Waals surface area contributed by atoms with Crippen LogP contribution >= 0.6 is 0 Å². The van der Waals surface area contributed by atoms with Crippen molar-refractivity contribution in [2.75, 3.05) is 0 Å². The quantitative estimate of drug-likeness (QED) is 0.668. The Balaban J connectivity index is 0.000000810. The summed E-state index contributed by atoms with van der Waals surface area (Å²) in [7, 11) is 0.